The van der Waals surface area contributed by atoms with Crippen molar-refractivity contribution in [3.8, 4) is 11.5 Å². The van der Waals surface area contributed by atoms with E-state index in [0.717, 1.165) is 11.5 Å². The van der Waals surface area contributed by atoms with E-state index in [1.165, 1.54) is 5.56 Å². The molecule has 106 valence electrons. The van der Waals surface area contributed by atoms with Crippen molar-refractivity contribution >= 4 is 0 Å². The molecule has 0 aromatic heterocycles. The lowest BCUT2D eigenvalue weighted by Gasteiger charge is -2.25. The Morgan fingerprint density at radius 2 is 1.84 bits per heavy atom. The van der Waals surface area contributed by atoms with Gasteiger partial charge in [0, 0.05) is 18.7 Å². The Morgan fingerprint density at radius 3 is 2.53 bits per heavy atom. The van der Waals surface area contributed by atoms with E-state index in [-0.39, 0.29) is 24.6 Å². The first-order chi connectivity index (χ1) is 9.11. The highest BCUT2D eigenvalue weighted by Gasteiger charge is 2.17. The molecule has 2 N–H and O–H groups in total. The molecular formula is C15H23NO3. The van der Waals surface area contributed by atoms with Crippen LogP contribution in [0.2, 0.25) is 0 Å². The summed E-state index contributed by atoms with van der Waals surface area (Å²) in [6, 6.07) is 6.51. The summed E-state index contributed by atoms with van der Waals surface area (Å²) < 4.78 is 11.1. The van der Waals surface area contributed by atoms with Gasteiger partial charge in [0.05, 0.1) is 0 Å². The lowest BCUT2D eigenvalue weighted by atomic mass is 10.0. The van der Waals surface area contributed by atoms with Crippen molar-refractivity contribution in [2.45, 2.75) is 32.9 Å². The minimum atomic E-state index is 0.196. The zero-order valence-corrected chi connectivity index (χ0v) is 11.8. The molecule has 1 aromatic carbocycles. The molecule has 0 radical (unpaired) electrons. The van der Waals surface area contributed by atoms with Crippen molar-refractivity contribution in [1.82, 2.24) is 5.32 Å². The van der Waals surface area contributed by atoms with Crippen molar-refractivity contribution in [3.05, 3.63) is 23.8 Å². The van der Waals surface area contributed by atoms with Crippen LogP contribution in [0, 0.1) is 5.92 Å². The molecule has 4 heteroatoms. The second-order valence-electron chi connectivity index (χ2n) is 5.24. The van der Waals surface area contributed by atoms with Gasteiger partial charge in [0.15, 0.2) is 11.5 Å². The number of hydrogen-bond donors (Lipinski definition) is 2. The van der Waals surface area contributed by atoms with Crippen LogP contribution in [0.3, 0.4) is 0 Å². The molecule has 19 heavy (non-hydrogen) atoms. The topological polar surface area (TPSA) is 50.7 Å². The number of benzene rings is 1. The Morgan fingerprint density at radius 1 is 1.16 bits per heavy atom. The van der Waals surface area contributed by atoms with Crippen LogP contribution < -0.4 is 14.8 Å². The number of rotatable bonds is 5. The molecule has 1 heterocycles. The molecular weight excluding hydrogens is 242 g/mol. The third-order valence-corrected chi connectivity index (χ3v) is 3.72. The van der Waals surface area contributed by atoms with Crippen LogP contribution in [0.1, 0.15) is 32.4 Å². The summed E-state index contributed by atoms with van der Waals surface area (Å²) in [7, 11) is 0. The summed E-state index contributed by atoms with van der Waals surface area (Å²) in [5, 5.41) is 12.7. The van der Waals surface area contributed by atoms with Crippen molar-refractivity contribution < 1.29 is 14.6 Å². The van der Waals surface area contributed by atoms with Crippen LogP contribution in [0.25, 0.3) is 0 Å². The van der Waals surface area contributed by atoms with E-state index in [9.17, 15) is 5.11 Å². The zero-order valence-electron chi connectivity index (χ0n) is 11.8. The number of aliphatic hydroxyl groups excluding tert-OH is 1. The van der Waals surface area contributed by atoms with Crippen molar-refractivity contribution in [2.24, 2.45) is 5.92 Å². The minimum Gasteiger partial charge on any atom is -0.486 e. The highest BCUT2D eigenvalue weighted by Crippen LogP contribution is 2.32. The van der Waals surface area contributed by atoms with Gasteiger partial charge in [0.25, 0.3) is 0 Å². The van der Waals surface area contributed by atoms with Crippen LogP contribution in [0.15, 0.2) is 18.2 Å². The first-order valence-corrected chi connectivity index (χ1v) is 6.88. The molecule has 3 unspecified atom stereocenters. The van der Waals surface area contributed by atoms with Crippen molar-refractivity contribution in [3.63, 3.8) is 0 Å². The van der Waals surface area contributed by atoms with E-state index in [0.29, 0.717) is 13.2 Å². The smallest absolute Gasteiger partial charge is 0.161 e. The van der Waals surface area contributed by atoms with Gasteiger partial charge < -0.3 is 19.9 Å². The van der Waals surface area contributed by atoms with Gasteiger partial charge in [0.1, 0.15) is 13.2 Å². The third-order valence-electron chi connectivity index (χ3n) is 3.72. The van der Waals surface area contributed by atoms with Gasteiger partial charge in [0.2, 0.25) is 0 Å². The summed E-state index contributed by atoms with van der Waals surface area (Å²) in [5.74, 6) is 1.87. The SMILES string of the molecule is CC(NC(C)C(C)CO)c1ccc2c(c1)OCCO2. The quantitative estimate of drug-likeness (QED) is 0.856. The lowest BCUT2D eigenvalue weighted by molar-refractivity contribution is 0.171. The first-order valence-electron chi connectivity index (χ1n) is 6.88. The molecule has 4 nitrogen and oxygen atoms in total. The Kier molecular flexibility index (Phi) is 4.66. The highest BCUT2D eigenvalue weighted by molar-refractivity contribution is 5.44. The molecule has 0 saturated carbocycles. The molecule has 3 atom stereocenters. The van der Waals surface area contributed by atoms with Gasteiger partial charge in [-0.3, -0.25) is 0 Å². The number of hydrogen-bond acceptors (Lipinski definition) is 4. The second-order valence-corrected chi connectivity index (χ2v) is 5.24. The maximum Gasteiger partial charge on any atom is 0.161 e. The highest BCUT2D eigenvalue weighted by atomic mass is 16.6. The number of fused-ring (bicyclic) bond motifs is 1. The maximum absolute atomic E-state index is 9.17. The fourth-order valence-electron chi connectivity index (χ4n) is 2.14. The van der Waals surface area contributed by atoms with E-state index >= 15 is 0 Å². The molecule has 0 saturated heterocycles. The summed E-state index contributed by atoms with van der Waals surface area (Å²) in [6.07, 6.45) is 0. The fourth-order valence-corrected chi connectivity index (χ4v) is 2.14. The van der Waals surface area contributed by atoms with Crippen LogP contribution in [0.4, 0.5) is 0 Å². The second kappa shape index (κ2) is 6.26. The van der Waals surface area contributed by atoms with Gasteiger partial charge in [-0.1, -0.05) is 13.0 Å². The number of nitrogens with one attached hydrogen (secondary N) is 1. The molecule has 1 aromatic rings. The van der Waals surface area contributed by atoms with E-state index in [1.54, 1.807) is 0 Å². The monoisotopic (exact) mass is 265 g/mol. The van der Waals surface area contributed by atoms with Crippen LogP contribution in [0.5, 0.6) is 11.5 Å². The normalized spacial score (nSPS) is 18.7. The maximum atomic E-state index is 9.17. The molecule has 1 aliphatic heterocycles. The molecule has 0 bridgehead atoms. The van der Waals surface area contributed by atoms with E-state index in [1.807, 2.05) is 19.1 Å². The molecule has 0 spiro atoms. The predicted octanol–water partition coefficient (Wildman–Crippen LogP) is 2.13. The summed E-state index contributed by atoms with van der Waals surface area (Å²) in [5.41, 5.74) is 1.17. The van der Waals surface area contributed by atoms with Gasteiger partial charge in [-0.2, -0.15) is 0 Å². The van der Waals surface area contributed by atoms with Gasteiger partial charge in [-0.05, 0) is 37.5 Å². The summed E-state index contributed by atoms with van der Waals surface area (Å²) in [6.45, 7) is 7.67. The third kappa shape index (κ3) is 3.39. The predicted molar refractivity (Wildman–Crippen MR) is 74.7 cm³/mol. The number of aliphatic hydroxyl groups is 1. The summed E-state index contributed by atoms with van der Waals surface area (Å²) in [4.78, 5) is 0. The van der Waals surface area contributed by atoms with Crippen molar-refractivity contribution in [1.29, 1.82) is 0 Å². The van der Waals surface area contributed by atoms with Gasteiger partial charge in [-0.25, -0.2) is 0 Å². The van der Waals surface area contributed by atoms with E-state index < -0.39 is 0 Å². The Labute approximate surface area is 114 Å². The Bertz CT molecular complexity index is 422. The molecule has 1 aliphatic rings. The molecule has 2 rings (SSSR count). The lowest BCUT2D eigenvalue weighted by Crippen LogP contribution is -2.35. The molecule has 0 amide bonds. The Balaban J connectivity index is 2.05. The zero-order chi connectivity index (χ0) is 13.8. The van der Waals surface area contributed by atoms with E-state index in [4.69, 9.17) is 9.47 Å². The summed E-state index contributed by atoms with van der Waals surface area (Å²) >= 11 is 0. The Hall–Kier alpha value is -1.26. The average Bonchev–Trinajstić information content (AvgIpc) is 2.45. The molecule has 0 fully saturated rings. The number of ether oxygens (including phenoxy) is 2. The average molecular weight is 265 g/mol. The minimum absolute atomic E-state index is 0.196. The van der Waals surface area contributed by atoms with Gasteiger partial charge in [-0.15, -0.1) is 0 Å². The molecule has 0 aliphatic carbocycles. The standard InChI is InChI=1S/C15H23NO3/c1-10(9-17)11(2)16-12(3)13-4-5-14-15(8-13)19-7-6-18-14/h4-5,8,10-12,16-17H,6-7,9H2,1-3H3. The van der Waals surface area contributed by atoms with Crippen LogP contribution >= 0.6 is 0 Å². The van der Waals surface area contributed by atoms with Crippen LogP contribution in [-0.2, 0) is 0 Å². The fraction of sp³-hybridized carbons (Fsp3) is 0.600. The first kappa shape index (κ1) is 14.2. The largest absolute Gasteiger partial charge is 0.486 e. The van der Waals surface area contributed by atoms with Crippen molar-refractivity contribution in [2.75, 3.05) is 19.8 Å². The van der Waals surface area contributed by atoms with E-state index in [2.05, 4.69) is 25.2 Å². The van der Waals surface area contributed by atoms with Gasteiger partial charge >= 0.3 is 0 Å². The van der Waals surface area contributed by atoms with Crippen LogP contribution in [-0.4, -0.2) is 31.0 Å².